The Hall–Kier alpha value is -1.04. The van der Waals surface area contributed by atoms with Gasteiger partial charge in [0, 0.05) is 31.7 Å². The number of rotatable bonds is 6. The van der Waals surface area contributed by atoms with E-state index in [1.165, 1.54) is 11.3 Å². The first kappa shape index (κ1) is 15.4. The highest BCUT2D eigenvalue weighted by molar-refractivity contribution is 8.01. The molecule has 112 valence electrons. The quantitative estimate of drug-likeness (QED) is 0.748. The van der Waals surface area contributed by atoms with Crippen LogP contribution in [0.15, 0.2) is 0 Å². The van der Waals surface area contributed by atoms with Crippen molar-refractivity contribution in [2.75, 3.05) is 13.6 Å². The summed E-state index contributed by atoms with van der Waals surface area (Å²) >= 11 is 1.66. The number of nitrogens with one attached hydrogen (secondary N) is 1. The molecule has 1 saturated carbocycles. The molecule has 2 aliphatic rings. The summed E-state index contributed by atoms with van der Waals surface area (Å²) in [4.78, 5) is 36.9. The summed E-state index contributed by atoms with van der Waals surface area (Å²) in [5.74, 6) is -0.210. The lowest BCUT2D eigenvalue weighted by Gasteiger charge is -2.26. The molecule has 2 fully saturated rings. The van der Waals surface area contributed by atoms with Crippen LogP contribution in [0.1, 0.15) is 39.0 Å². The average Bonchev–Trinajstić information content (AvgIpc) is 2.61. The highest BCUT2D eigenvalue weighted by Gasteiger charge is 2.41. The average molecular weight is 298 g/mol. The normalized spacial score (nSPS) is 24.7. The molecule has 0 spiro atoms. The molecule has 1 aliphatic carbocycles. The van der Waals surface area contributed by atoms with Crippen molar-refractivity contribution in [3.05, 3.63) is 0 Å². The summed E-state index contributed by atoms with van der Waals surface area (Å²) in [7, 11) is 1.59. The Kier molecular flexibility index (Phi) is 5.07. The Labute approximate surface area is 123 Å². The maximum atomic E-state index is 12.3. The zero-order valence-electron chi connectivity index (χ0n) is 12.1. The van der Waals surface area contributed by atoms with Gasteiger partial charge in [0.2, 0.25) is 17.7 Å². The molecule has 2 unspecified atom stereocenters. The van der Waals surface area contributed by atoms with Gasteiger partial charge in [-0.25, -0.2) is 0 Å². The number of hydrogen-bond acceptors (Lipinski definition) is 4. The smallest absolute Gasteiger partial charge is 0.242 e. The number of thioether (sulfide) groups is 1. The zero-order chi connectivity index (χ0) is 14.7. The third-order valence-electron chi connectivity index (χ3n) is 3.92. The molecule has 2 rings (SSSR count). The van der Waals surface area contributed by atoms with E-state index in [4.69, 9.17) is 0 Å². The van der Waals surface area contributed by atoms with E-state index in [0.717, 1.165) is 12.8 Å². The molecule has 1 saturated heterocycles. The fraction of sp³-hybridized carbons (Fsp3) is 0.786. The van der Waals surface area contributed by atoms with Gasteiger partial charge in [0.1, 0.15) is 0 Å². The van der Waals surface area contributed by atoms with Crippen LogP contribution in [0.4, 0.5) is 0 Å². The van der Waals surface area contributed by atoms with Crippen LogP contribution in [0.5, 0.6) is 0 Å². The van der Waals surface area contributed by atoms with Gasteiger partial charge in [-0.15, -0.1) is 11.8 Å². The molecule has 0 aromatic carbocycles. The van der Waals surface area contributed by atoms with Gasteiger partial charge in [0.05, 0.1) is 5.25 Å². The second-order valence-corrected chi connectivity index (χ2v) is 7.21. The number of imide groups is 1. The van der Waals surface area contributed by atoms with Gasteiger partial charge < -0.3 is 5.32 Å². The Morgan fingerprint density at radius 2 is 2.15 bits per heavy atom. The molecule has 0 bridgehead atoms. The van der Waals surface area contributed by atoms with Crippen LogP contribution in [-0.4, -0.2) is 46.7 Å². The lowest BCUT2D eigenvalue weighted by atomic mass is 10.00. The third kappa shape index (κ3) is 3.53. The fourth-order valence-electron chi connectivity index (χ4n) is 2.48. The molecule has 3 amide bonds. The van der Waals surface area contributed by atoms with Gasteiger partial charge in [-0.05, 0) is 18.8 Å². The number of carbonyl (C=O) groups excluding carboxylic acids is 3. The first-order valence-corrected chi connectivity index (χ1v) is 8.15. The zero-order valence-corrected chi connectivity index (χ0v) is 12.9. The number of amides is 3. The predicted octanol–water partition coefficient (Wildman–Crippen LogP) is 1.17. The Morgan fingerprint density at radius 3 is 2.70 bits per heavy atom. The van der Waals surface area contributed by atoms with E-state index in [1.54, 1.807) is 18.8 Å². The van der Waals surface area contributed by atoms with E-state index < -0.39 is 0 Å². The molecule has 1 aliphatic heterocycles. The van der Waals surface area contributed by atoms with Crippen LogP contribution >= 0.6 is 11.8 Å². The van der Waals surface area contributed by atoms with E-state index in [9.17, 15) is 14.4 Å². The molecule has 0 aromatic rings. The minimum absolute atomic E-state index is 0.00435. The molecule has 1 heterocycles. The van der Waals surface area contributed by atoms with Crippen LogP contribution in [-0.2, 0) is 14.4 Å². The molecule has 20 heavy (non-hydrogen) atoms. The molecular formula is C14H22N2O3S. The minimum Gasteiger partial charge on any atom is -0.359 e. The summed E-state index contributed by atoms with van der Waals surface area (Å²) in [6, 6.07) is 0. The first-order valence-electron chi connectivity index (χ1n) is 7.21. The number of carbonyl (C=O) groups is 3. The fourth-order valence-corrected chi connectivity index (χ4v) is 4.04. The van der Waals surface area contributed by atoms with E-state index >= 15 is 0 Å². The molecule has 1 N–H and O–H groups in total. The van der Waals surface area contributed by atoms with Crippen molar-refractivity contribution in [2.24, 2.45) is 5.92 Å². The maximum absolute atomic E-state index is 12.3. The lowest BCUT2D eigenvalue weighted by molar-refractivity contribution is -0.139. The summed E-state index contributed by atoms with van der Waals surface area (Å²) in [5.41, 5.74) is 0. The second kappa shape index (κ2) is 6.61. The summed E-state index contributed by atoms with van der Waals surface area (Å²) in [6.07, 6.45) is 4.23. The first-order chi connectivity index (χ1) is 9.51. The van der Waals surface area contributed by atoms with Crippen molar-refractivity contribution in [2.45, 2.75) is 49.5 Å². The van der Waals surface area contributed by atoms with Gasteiger partial charge >= 0.3 is 0 Å². The summed E-state index contributed by atoms with van der Waals surface area (Å²) in [5, 5.41) is 2.92. The molecule has 6 heteroatoms. The Balaban J connectivity index is 1.86. The molecule has 2 atom stereocenters. The largest absolute Gasteiger partial charge is 0.359 e. The van der Waals surface area contributed by atoms with Gasteiger partial charge in [-0.1, -0.05) is 13.3 Å². The maximum Gasteiger partial charge on any atom is 0.242 e. The molecular weight excluding hydrogens is 276 g/mol. The van der Waals surface area contributed by atoms with Crippen molar-refractivity contribution < 1.29 is 14.4 Å². The highest BCUT2D eigenvalue weighted by atomic mass is 32.2. The second-order valence-electron chi connectivity index (χ2n) is 5.71. The van der Waals surface area contributed by atoms with E-state index in [0.29, 0.717) is 24.6 Å². The van der Waals surface area contributed by atoms with Crippen molar-refractivity contribution in [3.63, 3.8) is 0 Å². The minimum atomic E-state index is -0.194. The standard InChI is InChI=1S/C14H22N2O3S/c1-9(6-12(17)15-2)8-16-13(18)7-11(14(16)19)20-10-4-3-5-10/h9-11H,3-8H2,1-2H3,(H,15,17). The van der Waals surface area contributed by atoms with Crippen molar-refractivity contribution in [3.8, 4) is 0 Å². The van der Waals surface area contributed by atoms with Crippen molar-refractivity contribution >= 4 is 29.5 Å². The van der Waals surface area contributed by atoms with Gasteiger partial charge in [-0.3, -0.25) is 19.3 Å². The van der Waals surface area contributed by atoms with Crippen LogP contribution in [0.2, 0.25) is 0 Å². The number of nitrogens with zero attached hydrogens (tertiary/aromatic N) is 1. The van der Waals surface area contributed by atoms with E-state index in [2.05, 4.69) is 5.32 Å². The van der Waals surface area contributed by atoms with Gasteiger partial charge in [0.15, 0.2) is 0 Å². The number of likely N-dealkylation sites (tertiary alicyclic amines) is 1. The monoisotopic (exact) mass is 298 g/mol. The summed E-state index contributed by atoms with van der Waals surface area (Å²) < 4.78 is 0. The van der Waals surface area contributed by atoms with Crippen LogP contribution in [0.3, 0.4) is 0 Å². The van der Waals surface area contributed by atoms with Crippen LogP contribution < -0.4 is 5.32 Å². The van der Waals surface area contributed by atoms with E-state index in [-0.39, 0.29) is 28.9 Å². The highest BCUT2D eigenvalue weighted by Crippen LogP contribution is 2.38. The van der Waals surface area contributed by atoms with Crippen molar-refractivity contribution in [1.82, 2.24) is 10.2 Å². The SMILES string of the molecule is CNC(=O)CC(C)CN1C(=O)CC(SC2CCC2)C1=O. The van der Waals surface area contributed by atoms with Crippen LogP contribution in [0.25, 0.3) is 0 Å². The summed E-state index contributed by atoms with van der Waals surface area (Å²) in [6.45, 7) is 2.25. The topological polar surface area (TPSA) is 66.5 Å². The molecule has 5 nitrogen and oxygen atoms in total. The molecule has 0 aromatic heterocycles. The van der Waals surface area contributed by atoms with Gasteiger partial charge in [-0.2, -0.15) is 0 Å². The Morgan fingerprint density at radius 1 is 1.45 bits per heavy atom. The Bertz CT molecular complexity index is 409. The molecule has 0 radical (unpaired) electrons. The van der Waals surface area contributed by atoms with Crippen LogP contribution in [0, 0.1) is 5.92 Å². The van der Waals surface area contributed by atoms with Gasteiger partial charge in [0.25, 0.3) is 0 Å². The lowest BCUT2D eigenvalue weighted by Crippen LogP contribution is -2.36. The van der Waals surface area contributed by atoms with E-state index in [1.807, 2.05) is 6.92 Å². The predicted molar refractivity (Wildman–Crippen MR) is 78.2 cm³/mol. The van der Waals surface area contributed by atoms with Crippen molar-refractivity contribution in [1.29, 1.82) is 0 Å². The number of hydrogen-bond donors (Lipinski definition) is 1. The third-order valence-corrected chi connectivity index (χ3v) is 5.47.